The maximum absolute atomic E-state index is 6.05. The predicted molar refractivity (Wildman–Crippen MR) is 76.0 cm³/mol. The van der Waals surface area contributed by atoms with E-state index in [0.717, 1.165) is 25.7 Å². The molecule has 0 aliphatic rings. The van der Waals surface area contributed by atoms with Gasteiger partial charge in [0.15, 0.2) is 0 Å². The number of aryl methyl sites for hydroxylation is 1. The monoisotopic (exact) mass is 332 g/mol. The Hall–Kier alpha value is -0.780. The van der Waals surface area contributed by atoms with Gasteiger partial charge in [-0.2, -0.15) is 0 Å². The lowest BCUT2D eigenvalue weighted by atomic mass is 10.1. The van der Waals surface area contributed by atoms with Gasteiger partial charge in [-0.25, -0.2) is 4.98 Å². The Bertz CT molecular complexity index is 551. The molecule has 1 heterocycles. The number of methoxy groups -OCH3 is 1. The molecule has 6 heteroatoms. The van der Waals surface area contributed by atoms with E-state index in [0.29, 0.717) is 10.8 Å². The number of anilines is 1. The molecule has 90 valence electrons. The molecular weight excluding hydrogens is 324 g/mol. The second-order valence-electron chi connectivity index (χ2n) is 3.48. The van der Waals surface area contributed by atoms with Crippen molar-refractivity contribution in [2.75, 3.05) is 12.8 Å². The molecule has 3 nitrogen and oxygen atoms in total. The number of aromatic nitrogens is 1. The first kappa shape index (κ1) is 12.7. The van der Waals surface area contributed by atoms with Gasteiger partial charge in [0.1, 0.15) is 20.4 Å². The van der Waals surface area contributed by atoms with Crippen molar-refractivity contribution < 1.29 is 4.74 Å². The smallest absolute Gasteiger partial charge is 0.149 e. The van der Waals surface area contributed by atoms with Crippen LogP contribution in [0.4, 0.5) is 5.82 Å². The maximum Gasteiger partial charge on any atom is 0.149 e. The van der Waals surface area contributed by atoms with Crippen LogP contribution in [0.2, 0.25) is 5.02 Å². The van der Waals surface area contributed by atoms with Crippen LogP contribution in [0.3, 0.4) is 0 Å². The van der Waals surface area contributed by atoms with Crippen LogP contribution in [-0.2, 0) is 0 Å². The van der Waals surface area contributed by atoms with E-state index in [4.69, 9.17) is 22.1 Å². The molecule has 0 saturated carbocycles. The lowest BCUT2D eigenvalue weighted by Crippen LogP contribution is -1.92. The third-order valence-corrected chi connectivity index (χ3v) is 4.29. The van der Waals surface area contributed by atoms with E-state index >= 15 is 0 Å². The molecule has 0 fully saturated rings. The number of benzene rings is 1. The Kier molecular flexibility index (Phi) is 3.61. The van der Waals surface area contributed by atoms with Crippen molar-refractivity contribution in [3.05, 3.63) is 26.5 Å². The Morgan fingerprint density at radius 1 is 1.47 bits per heavy atom. The fourth-order valence-electron chi connectivity index (χ4n) is 1.59. The van der Waals surface area contributed by atoms with Gasteiger partial charge in [0.2, 0.25) is 0 Å². The van der Waals surface area contributed by atoms with Gasteiger partial charge < -0.3 is 10.5 Å². The lowest BCUT2D eigenvalue weighted by Gasteiger charge is -2.09. The van der Waals surface area contributed by atoms with Gasteiger partial charge in [0.25, 0.3) is 0 Å². The molecule has 17 heavy (non-hydrogen) atoms. The fourth-order valence-corrected chi connectivity index (χ4v) is 3.14. The largest absolute Gasteiger partial charge is 0.496 e. The summed E-state index contributed by atoms with van der Waals surface area (Å²) in [6, 6.07) is 3.69. The molecule has 0 aliphatic heterocycles. The van der Waals surface area contributed by atoms with Crippen LogP contribution >= 0.6 is 38.9 Å². The molecule has 0 spiro atoms. The first-order valence-electron chi connectivity index (χ1n) is 4.79. The van der Waals surface area contributed by atoms with Gasteiger partial charge >= 0.3 is 0 Å². The zero-order valence-electron chi connectivity index (χ0n) is 9.25. The fraction of sp³-hybridized carbons (Fsp3) is 0.182. The summed E-state index contributed by atoms with van der Waals surface area (Å²) in [4.78, 5) is 4.28. The van der Waals surface area contributed by atoms with E-state index in [1.807, 2.05) is 19.1 Å². The van der Waals surface area contributed by atoms with E-state index in [1.54, 1.807) is 7.11 Å². The minimum atomic E-state index is 0.477. The molecule has 2 aromatic rings. The van der Waals surface area contributed by atoms with Gasteiger partial charge in [-0.15, -0.1) is 11.3 Å². The summed E-state index contributed by atoms with van der Waals surface area (Å²) < 4.78 is 6.20. The molecule has 0 amide bonds. The van der Waals surface area contributed by atoms with Gasteiger partial charge in [-0.3, -0.25) is 0 Å². The number of ether oxygens (including phenoxy) is 1. The zero-order chi connectivity index (χ0) is 12.6. The maximum atomic E-state index is 6.05. The molecule has 2 rings (SSSR count). The van der Waals surface area contributed by atoms with E-state index in [-0.39, 0.29) is 0 Å². The summed E-state index contributed by atoms with van der Waals surface area (Å²) in [5, 5.41) is 1.44. The van der Waals surface area contributed by atoms with Crippen LogP contribution in [-0.4, -0.2) is 12.1 Å². The number of hydrogen-bond acceptors (Lipinski definition) is 4. The van der Waals surface area contributed by atoms with E-state index in [2.05, 4.69) is 20.9 Å². The zero-order valence-corrected chi connectivity index (χ0v) is 12.4. The van der Waals surface area contributed by atoms with Crippen LogP contribution in [0.1, 0.15) is 5.56 Å². The molecule has 2 N–H and O–H groups in total. The molecule has 0 unspecified atom stereocenters. The minimum Gasteiger partial charge on any atom is -0.496 e. The summed E-state index contributed by atoms with van der Waals surface area (Å²) in [5.41, 5.74) is 7.56. The van der Waals surface area contributed by atoms with Crippen molar-refractivity contribution >= 4 is 44.7 Å². The molecule has 0 aliphatic carbocycles. The number of thiazole rings is 1. The van der Waals surface area contributed by atoms with Crippen LogP contribution in [0.15, 0.2) is 15.9 Å². The minimum absolute atomic E-state index is 0.477. The Balaban J connectivity index is 2.65. The number of rotatable bonds is 2. The first-order chi connectivity index (χ1) is 8.02. The average Bonchev–Trinajstić information content (AvgIpc) is 2.58. The van der Waals surface area contributed by atoms with Crippen LogP contribution in [0.5, 0.6) is 5.75 Å². The third-order valence-electron chi connectivity index (χ3n) is 2.28. The van der Waals surface area contributed by atoms with Crippen LogP contribution < -0.4 is 10.5 Å². The highest BCUT2D eigenvalue weighted by atomic mass is 79.9. The second-order valence-corrected chi connectivity index (χ2v) is 6.23. The van der Waals surface area contributed by atoms with Gasteiger partial charge in [0, 0.05) is 5.02 Å². The quantitative estimate of drug-likeness (QED) is 0.899. The standard InChI is InChI=1S/C11H10BrClN2OS/c1-5-3-6(13)4-7(8(5)16-2)11-15-10(14)9(12)17-11/h3-4H,14H2,1-2H3. The molecule has 0 atom stereocenters. The van der Waals surface area contributed by atoms with Crippen molar-refractivity contribution in [1.82, 2.24) is 4.98 Å². The predicted octanol–water partition coefficient (Wildman–Crippen LogP) is 4.13. The molecule has 0 radical (unpaired) electrons. The van der Waals surface area contributed by atoms with E-state index in [1.165, 1.54) is 11.3 Å². The number of nitrogens with zero attached hydrogens (tertiary/aromatic N) is 1. The van der Waals surface area contributed by atoms with Gasteiger partial charge in [0.05, 0.1) is 12.7 Å². The van der Waals surface area contributed by atoms with E-state index < -0.39 is 0 Å². The molecule has 0 bridgehead atoms. The highest BCUT2D eigenvalue weighted by Crippen LogP contribution is 2.40. The van der Waals surface area contributed by atoms with Gasteiger partial charge in [-0.05, 0) is 40.5 Å². The Morgan fingerprint density at radius 3 is 2.71 bits per heavy atom. The van der Waals surface area contributed by atoms with Crippen molar-refractivity contribution in [3.63, 3.8) is 0 Å². The van der Waals surface area contributed by atoms with Crippen molar-refractivity contribution in [2.45, 2.75) is 6.92 Å². The topological polar surface area (TPSA) is 48.1 Å². The number of nitrogens with two attached hydrogens (primary N) is 1. The third kappa shape index (κ3) is 2.41. The van der Waals surface area contributed by atoms with Crippen molar-refractivity contribution in [1.29, 1.82) is 0 Å². The highest BCUT2D eigenvalue weighted by Gasteiger charge is 2.15. The van der Waals surface area contributed by atoms with Crippen molar-refractivity contribution in [2.24, 2.45) is 0 Å². The summed E-state index contributed by atoms with van der Waals surface area (Å²) in [6.45, 7) is 1.94. The molecule has 0 saturated heterocycles. The number of halogens is 2. The summed E-state index contributed by atoms with van der Waals surface area (Å²) in [5.74, 6) is 1.25. The summed E-state index contributed by atoms with van der Waals surface area (Å²) >= 11 is 10.9. The average molecular weight is 334 g/mol. The lowest BCUT2D eigenvalue weighted by molar-refractivity contribution is 0.413. The van der Waals surface area contributed by atoms with Crippen LogP contribution in [0, 0.1) is 6.92 Å². The number of nitrogen functional groups attached to an aromatic ring is 1. The van der Waals surface area contributed by atoms with Gasteiger partial charge in [-0.1, -0.05) is 11.6 Å². The Labute approximate surface area is 117 Å². The van der Waals surface area contributed by atoms with Crippen molar-refractivity contribution in [3.8, 4) is 16.3 Å². The normalized spacial score (nSPS) is 10.6. The second kappa shape index (κ2) is 4.84. The Morgan fingerprint density at radius 2 is 2.18 bits per heavy atom. The first-order valence-corrected chi connectivity index (χ1v) is 6.78. The molecule has 1 aromatic heterocycles. The highest BCUT2D eigenvalue weighted by molar-refractivity contribution is 9.11. The molecular formula is C11H10BrClN2OS. The van der Waals surface area contributed by atoms with Crippen LogP contribution in [0.25, 0.3) is 10.6 Å². The SMILES string of the molecule is COc1c(C)cc(Cl)cc1-c1nc(N)c(Br)s1. The summed E-state index contributed by atoms with van der Waals surface area (Å²) in [6.07, 6.45) is 0. The summed E-state index contributed by atoms with van der Waals surface area (Å²) in [7, 11) is 1.63. The number of hydrogen-bond donors (Lipinski definition) is 1. The molecule has 1 aromatic carbocycles. The van der Waals surface area contributed by atoms with E-state index in [9.17, 15) is 0 Å².